The molecule has 0 aliphatic heterocycles. The van der Waals surface area contributed by atoms with E-state index >= 15 is 0 Å². The van der Waals surface area contributed by atoms with Gasteiger partial charge in [0.2, 0.25) is 0 Å². The third-order valence-electron chi connectivity index (χ3n) is 8.91. The molecule has 0 unspecified atom stereocenters. The van der Waals surface area contributed by atoms with Crippen LogP contribution >= 0.6 is 31.9 Å². The number of rotatable bonds is 13. The summed E-state index contributed by atoms with van der Waals surface area (Å²) >= 11 is 7.03. The largest absolute Gasteiger partial charge is 1.00 e. The second-order valence-corrected chi connectivity index (χ2v) is 14.2. The average molecular weight is 922 g/mol. The molecule has 0 atom stereocenters. The van der Waals surface area contributed by atoms with Crippen LogP contribution in [0.25, 0.3) is 0 Å². The van der Waals surface area contributed by atoms with E-state index in [0.29, 0.717) is 0 Å². The summed E-state index contributed by atoms with van der Waals surface area (Å²) in [5.74, 6) is 0. The fourth-order valence-corrected chi connectivity index (χ4v) is 6.42. The molecule has 0 bridgehead atoms. The Balaban J connectivity index is 0.00000281. The van der Waals surface area contributed by atoms with E-state index in [0.717, 1.165) is 34.9 Å². The summed E-state index contributed by atoms with van der Waals surface area (Å²) in [5, 5.41) is 0. The molecule has 0 aliphatic carbocycles. The molecular weight excluding hydrogens is 880 g/mol. The van der Waals surface area contributed by atoms with E-state index in [1.54, 1.807) is 0 Å². The highest BCUT2D eigenvalue weighted by atomic mass is 79.9. The van der Waals surface area contributed by atoms with Gasteiger partial charge in [0.05, 0.1) is 11.4 Å². The topological polar surface area (TPSA) is 14.2 Å². The van der Waals surface area contributed by atoms with Crippen LogP contribution in [0.5, 0.6) is 0 Å². The van der Waals surface area contributed by atoms with Gasteiger partial charge in [0.15, 0.2) is 37.9 Å². The van der Waals surface area contributed by atoms with E-state index in [1.807, 2.05) is 0 Å². The van der Waals surface area contributed by atoms with Crippen molar-refractivity contribution in [2.75, 3.05) is 23.9 Å². The molecule has 2 heterocycles. The Kier molecular flexibility index (Phi) is 15.3. The van der Waals surface area contributed by atoms with Gasteiger partial charge in [-0.25, -0.2) is 9.13 Å². The maximum atomic E-state index is 3.52. The summed E-state index contributed by atoms with van der Waals surface area (Å²) in [6, 6.07) is 43.7. The molecule has 0 saturated heterocycles. The number of nitrogens with zero attached hydrogens (tertiary/aromatic N) is 4. The predicted molar refractivity (Wildman–Crippen MR) is 205 cm³/mol. The number of unbranched alkanes of at least 4 members (excludes halogenated alkanes) is 1. The highest BCUT2D eigenvalue weighted by Gasteiger charge is 2.10. The Morgan fingerprint density at radius 2 is 0.680 bits per heavy atom. The van der Waals surface area contributed by atoms with Crippen molar-refractivity contribution in [3.63, 3.8) is 0 Å². The smallest absolute Gasteiger partial charge is 0.173 e. The van der Waals surface area contributed by atoms with Crippen LogP contribution in [0.1, 0.15) is 35.1 Å². The summed E-state index contributed by atoms with van der Waals surface area (Å²) in [6.45, 7) is 1.73. The Bertz CT molecular complexity index is 1740. The molecule has 0 amide bonds. The van der Waals surface area contributed by atoms with Gasteiger partial charge in [-0.1, -0.05) is 80.4 Å². The lowest BCUT2D eigenvalue weighted by Crippen LogP contribution is -3.00. The molecule has 0 saturated carbocycles. The Labute approximate surface area is 335 Å². The number of pyridine rings is 2. The molecule has 0 fully saturated rings. The number of benzene rings is 4. The normalized spacial score (nSPS) is 10.6. The number of aromatic nitrogens is 2. The summed E-state index contributed by atoms with van der Waals surface area (Å²) in [6.07, 6.45) is 13.3. The standard InChI is InChI=1S/C42H42Br2N4.2BrH/c1-45(39-19-15-37(43)16-20-39)41-23-27-47(28-24-41)31-35-11-7-33(8-12-35)5-3-4-6-34-9-13-36(14-10-34)32-48-29-25-42(26-30-48)46(2)40-21-17-38(44)18-22-40;;/h7-30H,3-6,31-32H2,1-2H3;2*1H/q+2;;/p-2. The minimum atomic E-state index is 0. The fraction of sp³-hybridized carbons (Fsp3) is 0.190. The Morgan fingerprint density at radius 3 is 1.00 bits per heavy atom. The zero-order valence-corrected chi connectivity index (χ0v) is 34.7. The first-order chi connectivity index (χ1) is 23.4. The average Bonchev–Trinajstić information content (AvgIpc) is 3.12. The molecule has 8 heteroatoms. The van der Waals surface area contributed by atoms with Gasteiger partial charge in [0.1, 0.15) is 0 Å². The molecule has 0 N–H and O–H groups in total. The van der Waals surface area contributed by atoms with Crippen LogP contribution in [-0.2, 0) is 25.9 Å². The highest BCUT2D eigenvalue weighted by Crippen LogP contribution is 2.25. The van der Waals surface area contributed by atoms with Crippen LogP contribution in [0.2, 0.25) is 0 Å². The first kappa shape index (κ1) is 39.5. The molecule has 6 aromatic rings. The van der Waals surface area contributed by atoms with E-state index in [9.17, 15) is 0 Å². The number of hydrogen-bond acceptors (Lipinski definition) is 2. The lowest BCUT2D eigenvalue weighted by atomic mass is 10.0. The lowest BCUT2D eigenvalue weighted by molar-refractivity contribution is -0.688. The van der Waals surface area contributed by atoms with E-state index < -0.39 is 0 Å². The maximum Gasteiger partial charge on any atom is 0.173 e. The number of anilines is 4. The van der Waals surface area contributed by atoms with Gasteiger partial charge in [-0.15, -0.1) is 0 Å². The summed E-state index contributed by atoms with van der Waals surface area (Å²) in [4.78, 5) is 4.40. The van der Waals surface area contributed by atoms with E-state index in [4.69, 9.17) is 0 Å². The molecular formula is C42H42Br4N4. The zero-order valence-electron chi connectivity index (χ0n) is 28.4. The van der Waals surface area contributed by atoms with E-state index in [1.165, 1.54) is 57.8 Å². The van der Waals surface area contributed by atoms with Crippen molar-refractivity contribution in [3.05, 3.63) is 177 Å². The summed E-state index contributed by atoms with van der Waals surface area (Å²) < 4.78 is 6.65. The number of aryl methyl sites for hydroxylation is 2. The number of halogens is 4. The summed E-state index contributed by atoms with van der Waals surface area (Å²) in [5.41, 5.74) is 10.1. The lowest BCUT2D eigenvalue weighted by Gasteiger charge is -2.18. The SMILES string of the molecule is CN(c1ccc(Br)cc1)c1cc[n+](Cc2ccc(CCCCc3ccc(C[n+]4ccc(N(C)c5ccc(Br)cc5)cc4)cc3)cc2)cc1.[Br-].[Br-]. The quantitative estimate of drug-likeness (QED) is 0.129. The number of hydrogen-bond donors (Lipinski definition) is 0. The predicted octanol–water partition coefficient (Wildman–Crippen LogP) is 3.99. The van der Waals surface area contributed by atoms with Gasteiger partial charge in [-0.2, -0.15) is 0 Å². The second kappa shape index (κ2) is 19.3. The Hall–Kier alpha value is -3.30. The van der Waals surface area contributed by atoms with Crippen molar-refractivity contribution in [1.82, 2.24) is 0 Å². The fourth-order valence-electron chi connectivity index (χ4n) is 5.89. The molecule has 4 nitrogen and oxygen atoms in total. The molecule has 0 radical (unpaired) electrons. The van der Waals surface area contributed by atoms with Gasteiger partial charge in [-0.05, 0) is 85.3 Å². The van der Waals surface area contributed by atoms with Gasteiger partial charge in [0.25, 0.3) is 0 Å². The van der Waals surface area contributed by atoms with Crippen molar-refractivity contribution in [1.29, 1.82) is 0 Å². The third kappa shape index (κ3) is 11.1. The molecule has 258 valence electrons. The first-order valence-electron chi connectivity index (χ1n) is 16.5. The van der Waals surface area contributed by atoms with Crippen LogP contribution in [-0.4, -0.2) is 14.1 Å². The zero-order chi connectivity index (χ0) is 33.3. The Morgan fingerprint density at radius 1 is 0.400 bits per heavy atom. The molecule has 0 spiro atoms. The monoisotopic (exact) mass is 918 g/mol. The van der Waals surface area contributed by atoms with Crippen molar-refractivity contribution in [2.24, 2.45) is 0 Å². The highest BCUT2D eigenvalue weighted by molar-refractivity contribution is 9.10. The maximum absolute atomic E-state index is 3.52. The first-order valence-corrected chi connectivity index (χ1v) is 18.1. The molecule has 2 aromatic heterocycles. The molecule has 6 rings (SSSR count). The van der Waals surface area contributed by atoms with Crippen molar-refractivity contribution in [2.45, 2.75) is 38.8 Å². The minimum absolute atomic E-state index is 0. The van der Waals surface area contributed by atoms with Crippen molar-refractivity contribution >= 4 is 54.6 Å². The molecule has 50 heavy (non-hydrogen) atoms. The third-order valence-corrected chi connectivity index (χ3v) is 9.96. The minimum Gasteiger partial charge on any atom is -1.00 e. The van der Waals surface area contributed by atoms with Gasteiger partial charge in [-0.3, -0.25) is 0 Å². The van der Waals surface area contributed by atoms with Gasteiger partial charge >= 0.3 is 0 Å². The van der Waals surface area contributed by atoms with E-state index in [2.05, 4.69) is 211 Å². The van der Waals surface area contributed by atoms with Crippen LogP contribution < -0.4 is 52.9 Å². The van der Waals surface area contributed by atoms with Crippen molar-refractivity contribution < 1.29 is 43.1 Å². The van der Waals surface area contributed by atoms with Gasteiger partial charge in [0, 0.05) is 69.8 Å². The van der Waals surface area contributed by atoms with Gasteiger partial charge < -0.3 is 43.8 Å². The summed E-state index contributed by atoms with van der Waals surface area (Å²) in [7, 11) is 4.20. The van der Waals surface area contributed by atoms with Crippen molar-refractivity contribution in [3.8, 4) is 0 Å². The second-order valence-electron chi connectivity index (χ2n) is 12.4. The molecule has 4 aromatic carbocycles. The van der Waals surface area contributed by atoms with E-state index in [-0.39, 0.29) is 34.0 Å². The van der Waals surface area contributed by atoms with Crippen LogP contribution in [0.3, 0.4) is 0 Å². The van der Waals surface area contributed by atoms with Crippen LogP contribution in [0.15, 0.2) is 155 Å². The molecule has 0 aliphatic rings. The van der Waals surface area contributed by atoms with Crippen LogP contribution in [0, 0.1) is 0 Å². The van der Waals surface area contributed by atoms with Crippen LogP contribution in [0.4, 0.5) is 22.7 Å².